The van der Waals surface area contributed by atoms with E-state index in [9.17, 15) is 9.59 Å². The minimum Gasteiger partial charge on any atom is -0.493 e. The van der Waals surface area contributed by atoms with Crippen LogP contribution in [0.5, 0.6) is 11.5 Å². The van der Waals surface area contributed by atoms with Gasteiger partial charge in [-0.1, -0.05) is 11.8 Å². The fourth-order valence-electron chi connectivity index (χ4n) is 3.16. The quantitative estimate of drug-likeness (QED) is 0.683. The zero-order valence-electron chi connectivity index (χ0n) is 16.6. The average Bonchev–Trinajstić information content (AvgIpc) is 2.87. The van der Waals surface area contributed by atoms with Gasteiger partial charge in [0.25, 0.3) is 11.8 Å². The van der Waals surface area contributed by atoms with Crippen LogP contribution in [0.15, 0.2) is 64.6 Å². The summed E-state index contributed by atoms with van der Waals surface area (Å²) in [7, 11) is 4.79. The van der Waals surface area contributed by atoms with Gasteiger partial charge in [0.05, 0.1) is 25.5 Å². The van der Waals surface area contributed by atoms with Gasteiger partial charge in [0.1, 0.15) is 5.03 Å². The molecule has 7 nitrogen and oxygen atoms in total. The number of nitrogens with one attached hydrogen (secondary N) is 1. The molecule has 152 valence electrons. The summed E-state index contributed by atoms with van der Waals surface area (Å²) in [6.07, 6.45) is 1.66. The third-order valence-corrected chi connectivity index (χ3v) is 5.80. The summed E-state index contributed by atoms with van der Waals surface area (Å²) in [5, 5.41) is 3.53. The number of fused-ring (bicyclic) bond motifs is 2. The van der Waals surface area contributed by atoms with E-state index >= 15 is 0 Å². The molecule has 0 aliphatic carbocycles. The van der Waals surface area contributed by atoms with Crippen LogP contribution in [-0.2, 0) is 0 Å². The second-order valence-corrected chi connectivity index (χ2v) is 7.56. The molecule has 8 heteroatoms. The molecule has 2 heterocycles. The van der Waals surface area contributed by atoms with E-state index in [1.54, 1.807) is 61.7 Å². The fraction of sp³-hybridized carbons (Fsp3) is 0.136. The molecule has 0 unspecified atom stereocenters. The molecule has 1 aliphatic heterocycles. The Balaban J connectivity index is 1.63. The van der Waals surface area contributed by atoms with Crippen molar-refractivity contribution in [2.45, 2.75) is 9.92 Å². The van der Waals surface area contributed by atoms with Crippen LogP contribution >= 0.6 is 11.8 Å². The third-order valence-electron chi connectivity index (χ3n) is 4.74. The van der Waals surface area contributed by atoms with Crippen LogP contribution in [0.3, 0.4) is 0 Å². The van der Waals surface area contributed by atoms with Crippen LogP contribution in [0.25, 0.3) is 0 Å². The van der Waals surface area contributed by atoms with Crippen molar-refractivity contribution in [3.8, 4) is 11.5 Å². The van der Waals surface area contributed by atoms with E-state index in [1.807, 2.05) is 12.1 Å². The summed E-state index contributed by atoms with van der Waals surface area (Å²) in [5.74, 6) is 0.628. The molecule has 0 spiro atoms. The van der Waals surface area contributed by atoms with Crippen molar-refractivity contribution in [3.63, 3.8) is 0 Å². The number of amides is 2. The molecule has 1 aromatic heterocycles. The van der Waals surface area contributed by atoms with Crippen molar-refractivity contribution >= 4 is 35.0 Å². The first-order valence-corrected chi connectivity index (χ1v) is 9.92. The predicted molar refractivity (Wildman–Crippen MR) is 115 cm³/mol. The Kier molecular flexibility index (Phi) is 5.33. The van der Waals surface area contributed by atoms with Crippen LogP contribution in [0.1, 0.15) is 20.7 Å². The monoisotopic (exact) mass is 421 g/mol. The number of ether oxygens (including phenoxy) is 2. The van der Waals surface area contributed by atoms with Crippen molar-refractivity contribution in [1.29, 1.82) is 0 Å². The molecule has 0 saturated heterocycles. The Bertz CT molecular complexity index is 1150. The van der Waals surface area contributed by atoms with Gasteiger partial charge in [-0.15, -0.1) is 0 Å². The van der Waals surface area contributed by atoms with Gasteiger partial charge in [0.15, 0.2) is 11.5 Å². The van der Waals surface area contributed by atoms with Gasteiger partial charge in [-0.3, -0.25) is 9.59 Å². The Morgan fingerprint density at radius 3 is 2.63 bits per heavy atom. The first-order chi connectivity index (χ1) is 14.5. The van der Waals surface area contributed by atoms with Crippen molar-refractivity contribution in [2.75, 3.05) is 31.5 Å². The highest BCUT2D eigenvalue weighted by atomic mass is 32.2. The minimum atomic E-state index is -0.280. The molecule has 0 atom stereocenters. The summed E-state index contributed by atoms with van der Waals surface area (Å²) in [5.41, 5.74) is 2.36. The van der Waals surface area contributed by atoms with Crippen LogP contribution in [0.2, 0.25) is 0 Å². The van der Waals surface area contributed by atoms with Crippen molar-refractivity contribution in [1.82, 2.24) is 4.98 Å². The normalized spacial score (nSPS) is 12.5. The number of nitrogens with zero attached hydrogens (tertiary/aromatic N) is 2. The first-order valence-electron chi connectivity index (χ1n) is 9.10. The van der Waals surface area contributed by atoms with E-state index in [-0.39, 0.29) is 11.8 Å². The number of pyridine rings is 1. The van der Waals surface area contributed by atoms with E-state index < -0.39 is 0 Å². The van der Waals surface area contributed by atoms with Gasteiger partial charge in [0.2, 0.25) is 0 Å². The molecule has 0 saturated carbocycles. The Hall–Kier alpha value is -3.52. The lowest BCUT2D eigenvalue weighted by Crippen LogP contribution is -2.26. The maximum Gasteiger partial charge on any atom is 0.260 e. The number of benzene rings is 2. The minimum absolute atomic E-state index is 0.119. The SMILES string of the molecule is COc1ccc(C(=O)Nc2ccc3c(c2)Sc2ncccc2C(=O)N3C)cc1OC. The number of rotatable bonds is 4. The molecule has 1 N–H and O–H groups in total. The summed E-state index contributed by atoms with van der Waals surface area (Å²) in [6.45, 7) is 0. The number of aromatic nitrogens is 1. The lowest BCUT2D eigenvalue weighted by atomic mass is 10.1. The van der Waals surface area contributed by atoms with Gasteiger partial charge >= 0.3 is 0 Å². The lowest BCUT2D eigenvalue weighted by molar-refractivity contribution is 0.0987. The molecule has 2 aromatic carbocycles. The van der Waals surface area contributed by atoms with Gasteiger partial charge in [-0.25, -0.2) is 4.98 Å². The molecule has 4 rings (SSSR count). The van der Waals surface area contributed by atoms with E-state index in [2.05, 4.69) is 10.3 Å². The van der Waals surface area contributed by atoms with Gasteiger partial charge in [0, 0.05) is 29.4 Å². The number of hydrogen-bond acceptors (Lipinski definition) is 6. The zero-order chi connectivity index (χ0) is 21.3. The predicted octanol–water partition coefficient (Wildman–Crippen LogP) is 4.09. The van der Waals surface area contributed by atoms with Gasteiger partial charge in [-0.05, 0) is 48.5 Å². The van der Waals surface area contributed by atoms with Gasteiger partial charge in [-0.2, -0.15) is 0 Å². The fourth-order valence-corrected chi connectivity index (χ4v) is 4.24. The zero-order valence-corrected chi connectivity index (χ0v) is 17.4. The van der Waals surface area contributed by atoms with E-state index in [0.29, 0.717) is 33.3 Å². The van der Waals surface area contributed by atoms with Crippen LogP contribution in [0.4, 0.5) is 11.4 Å². The van der Waals surface area contributed by atoms with Crippen molar-refractivity contribution in [3.05, 3.63) is 65.9 Å². The highest BCUT2D eigenvalue weighted by Gasteiger charge is 2.25. The number of methoxy groups -OCH3 is 2. The van der Waals surface area contributed by atoms with Crippen LogP contribution < -0.4 is 19.7 Å². The highest BCUT2D eigenvalue weighted by Crippen LogP contribution is 2.41. The second-order valence-electron chi connectivity index (χ2n) is 6.53. The summed E-state index contributed by atoms with van der Waals surface area (Å²) in [4.78, 5) is 32.2. The molecule has 1 aliphatic rings. The standard InChI is InChI=1S/C22H19N3O4S/c1-25-16-8-7-14(12-19(16)30-21-15(22(25)27)5-4-10-23-21)24-20(26)13-6-9-17(28-2)18(11-13)29-3/h4-12H,1-3H3,(H,24,26). The van der Waals surface area contributed by atoms with Crippen molar-refractivity contribution < 1.29 is 19.1 Å². The number of carbonyl (C=O) groups excluding carboxylic acids is 2. The first kappa shape index (κ1) is 19.8. The molecule has 0 bridgehead atoms. The molecule has 0 fully saturated rings. The summed E-state index contributed by atoms with van der Waals surface area (Å²) >= 11 is 1.40. The Morgan fingerprint density at radius 1 is 1.07 bits per heavy atom. The third kappa shape index (κ3) is 3.57. The Morgan fingerprint density at radius 2 is 1.87 bits per heavy atom. The maximum atomic E-state index is 12.7. The molecular formula is C22H19N3O4S. The van der Waals surface area contributed by atoms with Crippen molar-refractivity contribution in [2.24, 2.45) is 0 Å². The smallest absolute Gasteiger partial charge is 0.260 e. The average molecular weight is 421 g/mol. The second kappa shape index (κ2) is 8.08. The van der Waals surface area contributed by atoms with E-state index in [4.69, 9.17) is 9.47 Å². The largest absolute Gasteiger partial charge is 0.493 e. The van der Waals surface area contributed by atoms with Crippen LogP contribution in [0, 0.1) is 0 Å². The number of anilines is 2. The molecule has 3 aromatic rings. The molecular weight excluding hydrogens is 402 g/mol. The lowest BCUT2D eigenvalue weighted by Gasteiger charge is -2.18. The molecule has 0 radical (unpaired) electrons. The maximum absolute atomic E-state index is 12.7. The van der Waals surface area contributed by atoms with E-state index in [0.717, 1.165) is 10.6 Å². The van der Waals surface area contributed by atoms with Gasteiger partial charge < -0.3 is 19.7 Å². The summed E-state index contributed by atoms with van der Waals surface area (Å²) in [6, 6.07) is 13.9. The number of carbonyl (C=O) groups is 2. The summed E-state index contributed by atoms with van der Waals surface area (Å²) < 4.78 is 10.5. The topological polar surface area (TPSA) is 80.8 Å². The number of hydrogen-bond donors (Lipinski definition) is 1. The van der Waals surface area contributed by atoms with Crippen LogP contribution in [-0.4, -0.2) is 38.1 Å². The highest BCUT2D eigenvalue weighted by molar-refractivity contribution is 7.99. The molecule has 2 amide bonds. The molecule has 30 heavy (non-hydrogen) atoms. The Labute approximate surface area is 178 Å². The van der Waals surface area contributed by atoms with E-state index in [1.165, 1.54) is 18.9 Å².